The Kier molecular flexibility index (Phi) is 12.7. The molecule has 5 nitrogen and oxygen atoms in total. The SMILES string of the molecule is CCN1CCCC1CNC(=NC)NCCCOCCc1ccccc1.I. The van der Waals surface area contributed by atoms with Crippen molar-refractivity contribution >= 4 is 29.9 Å². The highest BCUT2D eigenvalue weighted by Gasteiger charge is 2.22. The average molecular weight is 474 g/mol. The first kappa shape index (κ1) is 23.2. The van der Waals surface area contributed by atoms with Gasteiger partial charge in [0.15, 0.2) is 5.96 Å². The smallest absolute Gasteiger partial charge is 0.191 e. The van der Waals surface area contributed by atoms with Crippen LogP contribution >= 0.6 is 24.0 Å². The molecule has 6 heteroatoms. The molecule has 1 aliphatic rings. The minimum atomic E-state index is 0. The number of halogens is 1. The standard InChI is InChI=1S/C20H34N4O.HI/c1-3-24-14-7-11-19(24)17-23-20(21-2)22-13-8-15-25-16-12-18-9-5-4-6-10-18;/h4-6,9-10,19H,3,7-8,11-17H2,1-2H3,(H2,21,22,23);1H. The zero-order valence-corrected chi connectivity index (χ0v) is 18.6. The first-order valence-electron chi connectivity index (χ1n) is 9.63. The molecule has 1 atom stereocenters. The summed E-state index contributed by atoms with van der Waals surface area (Å²) < 4.78 is 5.72. The Balaban J connectivity index is 0.00000338. The van der Waals surface area contributed by atoms with Crippen molar-refractivity contribution in [1.29, 1.82) is 0 Å². The van der Waals surface area contributed by atoms with E-state index in [0.29, 0.717) is 6.04 Å². The lowest BCUT2D eigenvalue weighted by Crippen LogP contribution is -2.45. The summed E-state index contributed by atoms with van der Waals surface area (Å²) in [4.78, 5) is 6.85. The van der Waals surface area contributed by atoms with Crippen LogP contribution in [0.25, 0.3) is 0 Å². The average Bonchev–Trinajstić information content (AvgIpc) is 3.12. The number of benzene rings is 1. The molecule has 0 radical (unpaired) electrons. The third kappa shape index (κ3) is 8.68. The topological polar surface area (TPSA) is 48.9 Å². The zero-order chi connectivity index (χ0) is 17.7. The summed E-state index contributed by atoms with van der Waals surface area (Å²) in [5, 5.41) is 6.83. The molecule has 0 aliphatic carbocycles. The number of nitrogens with one attached hydrogen (secondary N) is 2. The maximum atomic E-state index is 5.72. The van der Waals surface area contributed by atoms with Crippen molar-refractivity contribution in [2.45, 2.75) is 38.6 Å². The maximum absolute atomic E-state index is 5.72. The fraction of sp³-hybridized carbons (Fsp3) is 0.650. The van der Waals surface area contributed by atoms with Gasteiger partial charge in [-0.1, -0.05) is 37.3 Å². The van der Waals surface area contributed by atoms with Crippen molar-refractivity contribution in [3.8, 4) is 0 Å². The van der Waals surface area contributed by atoms with Crippen LogP contribution in [0.3, 0.4) is 0 Å². The van der Waals surface area contributed by atoms with E-state index in [1.54, 1.807) is 0 Å². The molecule has 1 aromatic rings. The Bertz CT molecular complexity index is 498. The van der Waals surface area contributed by atoms with Crippen molar-refractivity contribution < 1.29 is 4.74 Å². The molecule has 0 saturated carbocycles. The second-order valence-corrected chi connectivity index (χ2v) is 6.51. The van der Waals surface area contributed by atoms with Gasteiger partial charge >= 0.3 is 0 Å². The van der Waals surface area contributed by atoms with Gasteiger partial charge in [-0.3, -0.25) is 9.89 Å². The summed E-state index contributed by atoms with van der Waals surface area (Å²) in [6.07, 6.45) is 4.56. The van der Waals surface area contributed by atoms with Crippen LogP contribution in [-0.4, -0.2) is 63.3 Å². The lowest BCUT2D eigenvalue weighted by molar-refractivity contribution is 0.135. The minimum Gasteiger partial charge on any atom is -0.381 e. The van der Waals surface area contributed by atoms with Crippen molar-refractivity contribution in [3.63, 3.8) is 0 Å². The predicted molar refractivity (Wildman–Crippen MR) is 121 cm³/mol. The molecular weight excluding hydrogens is 439 g/mol. The lowest BCUT2D eigenvalue weighted by Gasteiger charge is -2.23. The Morgan fingerprint density at radius 3 is 2.77 bits per heavy atom. The number of likely N-dealkylation sites (N-methyl/N-ethyl adjacent to an activating group) is 1. The van der Waals surface area contributed by atoms with E-state index in [2.05, 4.69) is 51.7 Å². The van der Waals surface area contributed by atoms with Gasteiger partial charge in [0, 0.05) is 32.8 Å². The van der Waals surface area contributed by atoms with Gasteiger partial charge in [-0.25, -0.2) is 0 Å². The van der Waals surface area contributed by atoms with Gasteiger partial charge in [-0.05, 0) is 44.3 Å². The van der Waals surface area contributed by atoms with Crippen LogP contribution < -0.4 is 10.6 Å². The lowest BCUT2D eigenvalue weighted by atomic mass is 10.2. The number of hydrogen-bond acceptors (Lipinski definition) is 3. The second kappa shape index (κ2) is 14.2. The molecule has 148 valence electrons. The molecule has 2 rings (SSSR count). The van der Waals surface area contributed by atoms with E-state index >= 15 is 0 Å². The molecule has 1 heterocycles. The Hall–Kier alpha value is -0.860. The monoisotopic (exact) mass is 474 g/mol. The van der Waals surface area contributed by atoms with E-state index in [1.165, 1.54) is 24.9 Å². The van der Waals surface area contributed by atoms with Crippen LogP contribution in [0.4, 0.5) is 0 Å². The maximum Gasteiger partial charge on any atom is 0.191 e. The number of nitrogens with zero attached hydrogens (tertiary/aromatic N) is 2. The molecule has 26 heavy (non-hydrogen) atoms. The fourth-order valence-corrected chi connectivity index (χ4v) is 3.30. The molecule has 0 bridgehead atoms. The van der Waals surface area contributed by atoms with Crippen molar-refractivity contribution in [2.24, 2.45) is 4.99 Å². The summed E-state index contributed by atoms with van der Waals surface area (Å²) in [6.45, 7) is 8.03. The van der Waals surface area contributed by atoms with Gasteiger partial charge in [0.25, 0.3) is 0 Å². The number of likely N-dealkylation sites (tertiary alicyclic amines) is 1. The van der Waals surface area contributed by atoms with E-state index in [0.717, 1.165) is 51.6 Å². The van der Waals surface area contributed by atoms with E-state index < -0.39 is 0 Å². The van der Waals surface area contributed by atoms with Gasteiger partial charge in [-0.15, -0.1) is 24.0 Å². The second-order valence-electron chi connectivity index (χ2n) is 6.51. The van der Waals surface area contributed by atoms with Crippen LogP contribution in [0.15, 0.2) is 35.3 Å². The quantitative estimate of drug-likeness (QED) is 0.237. The Labute approximate surface area is 176 Å². The first-order valence-corrected chi connectivity index (χ1v) is 9.63. The van der Waals surface area contributed by atoms with Gasteiger partial charge in [0.05, 0.1) is 6.61 Å². The summed E-state index contributed by atoms with van der Waals surface area (Å²) in [5.41, 5.74) is 1.33. The third-order valence-electron chi connectivity index (χ3n) is 4.77. The van der Waals surface area contributed by atoms with Crippen molar-refractivity contribution in [2.75, 3.05) is 46.4 Å². The third-order valence-corrected chi connectivity index (χ3v) is 4.77. The summed E-state index contributed by atoms with van der Waals surface area (Å²) in [5.74, 6) is 0.896. The van der Waals surface area contributed by atoms with Gasteiger partial charge in [-0.2, -0.15) is 0 Å². The van der Waals surface area contributed by atoms with E-state index in [1.807, 2.05) is 13.1 Å². The zero-order valence-electron chi connectivity index (χ0n) is 16.2. The summed E-state index contributed by atoms with van der Waals surface area (Å²) in [6, 6.07) is 11.1. The molecule has 1 aliphatic heterocycles. The number of guanidine groups is 1. The van der Waals surface area contributed by atoms with Crippen LogP contribution in [-0.2, 0) is 11.2 Å². The summed E-state index contributed by atoms with van der Waals surface area (Å²) in [7, 11) is 1.83. The van der Waals surface area contributed by atoms with Crippen LogP contribution in [0.2, 0.25) is 0 Å². The normalized spacial score (nSPS) is 17.8. The molecule has 0 aromatic heterocycles. The summed E-state index contributed by atoms with van der Waals surface area (Å²) >= 11 is 0. The highest BCUT2D eigenvalue weighted by atomic mass is 127. The number of rotatable bonds is 10. The highest BCUT2D eigenvalue weighted by molar-refractivity contribution is 14.0. The largest absolute Gasteiger partial charge is 0.381 e. The molecular formula is C20H35IN4O. The highest BCUT2D eigenvalue weighted by Crippen LogP contribution is 2.15. The number of aliphatic imine (C=N–C) groups is 1. The van der Waals surface area contributed by atoms with Crippen molar-refractivity contribution in [3.05, 3.63) is 35.9 Å². The molecule has 1 aromatic carbocycles. The Morgan fingerprint density at radius 2 is 2.04 bits per heavy atom. The van der Waals surface area contributed by atoms with Gasteiger partial charge < -0.3 is 15.4 Å². The number of ether oxygens (including phenoxy) is 1. The van der Waals surface area contributed by atoms with Crippen LogP contribution in [0, 0.1) is 0 Å². The molecule has 0 amide bonds. The fourth-order valence-electron chi connectivity index (χ4n) is 3.30. The first-order chi connectivity index (χ1) is 12.3. The van der Waals surface area contributed by atoms with E-state index in [-0.39, 0.29) is 24.0 Å². The van der Waals surface area contributed by atoms with E-state index in [9.17, 15) is 0 Å². The van der Waals surface area contributed by atoms with E-state index in [4.69, 9.17) is 4.74 Å². The predicted octanol–water partition coefficient (Wildman–Crippen LogP) is 2.90. The molecule has 1 fully saturated rings. The Morgan fingerprint density at radius 1 is 1.23 bits per heavy atom. The van der Waals surface area contributed by atoms with Crippen molar-refractivity contribution in [1.82, 2.24) is 15.5 Å². The molecule has 1 saturated heterocycles. The number of hydrogen-bond donors (Lipinski definition) is 2. The minimum absolute atomic E-state index is 0. The van der Waals surface area contributed by atoms with Crippen LogP contribution in [0.1, 0.15) is 31.7 Å². The van der Waals surface area contributed by atoms with Gasteiger partial charge in [0.1, 0.15) is 0 Å². The van der Waals surface area contributed by atoms with Gasteiger partial charge in [0.2, 0.25) is 0 Å². The van der Waals surface area contributed by atoms with Crippen LogP contribution in [0.5, 0.6) is 0 Å². The molecule has 0 spiro atoms. The molecule has 1 unspecified atom stereocenters. The molecule has 2 N–H and O–H groups in total.